The Morgan fingerprint density at radius 2 is 2.26 bits per heavy atom. The average molecular weight is 322 g/mol. The maximum Gasteiger partial charge on any atom is 0.315 e. The standard InChI is InChI=1S/C16H23FN4O2/c17-13-4-3-8-18-14(13)21-9-5-12(10-21)19-15(23)20-16(11-22)6-1-2-7-16/h3-4,8,12,22H,1-2,5-7,9-11H2,(H2,19,20,23). The molecule has 1 saturated carbocycles. The molecule has 2 amide bonds. The van der Waals surface area contributed by atoms with Crippen molar-refractivity contribution in [3.63, 3.8) is 0 Å². The number of nitrogens with one attached hydrogen (secondary N) is 2. The van der Waals surface area contributed by atoms with E-state index in [0.717, 1.165) is 32.1 Å². The van der Waals surface area contributed by atoms with Crippen LogP contribution in [0.15, 0.2) is 18.3 Å². The zero-order chi connectivity index (χ0) is 16.3. The van der Waals surface area contributed by atoms with E-state index in [2.05, 4.69) is 15.6 Å². The van der Waals surface area contributed by atoms with Gasteiger partial charge in [0.2, 0.25) is 0 Å². The third-order valence-corrected chi connectivity index (χ3v) is 4.80. The van der Waals surface area contributed by atoms with Crippen molar-refractivity contribution >= 4 is 11.8 Å². The van der Waals surface area contributed by atoms with Crippen LogP contribution in [-0.4, -0.2) is 47.4 Å². The molecule has 1 aromatic heterocycles. The van der Waals surface area contributed by atoms with Gasteiger partial charge in [0.25, 0.3) is 0 Å². The number of aliphatic hydroxyl groups excluding tert-OH is 1. The summed E-state index contributed by atoms with van der Waals surface area (Å²) in [4.78, 5) is 18.1. The van der Waals surface area contributed by atoms with Gasteiger partial charge in [-0.05, 0) is 31.4 Å². The van der Waals surface area contributed by atoms with Gasteiger partial charge in [0.05, 0.1) is 12.1 Å². The number of aromatic nitrogens is 1. The van der Waals surface area contributed by atoms with Crippen LogP contribution in [0, 0.1) is 5.82 Å². The molecule has 3 N–H and O–H groups in total. The second kappa shape index (κ2) is 6.70. The minimum Gasteiger partial charge on any atom is -0.394 e. The average Bonchev–Trinajstić information content (AvgIpc) is 3.18. The molecule has 0 spiro atoms. The van der Waals surface area contributed by atoms with Crippen molar-refractivity contribution in [2.45, 2.75) is 43.7 Å². The molecule has 1 saturated heterocycles. The molecule has 1 aliphatic carbocycles. The number of halogens is 1. The molecular weight excluding hydrogens is 299 g/mol. The molecular formula is C16H23FN4O2. The van der Waals surface area contributed by atoms with E-state index in [4.69, 9.17) is 0 Å². The number of pyridine rings is 1. The lowest BCUT2D eigenvalue weighted by Gasteiger charge is -2.29. The van der Waals surface area contributed by atoms with Crippen molar-refractivity contribution in [1.82, 2.24) is 15.6 Å². The van der Waals surface area contributed by atoms with Crippen molar-refractivity contribution in [1.29, 1.82) is 0 Å². The van der Waals surface area contributed by atoms with E-state index in [1.807, 2.05) is 4.90 Å². The highest BCUT2D eigenvalue weighted by molar-refractivity contribution is 5.75. The molecule has 1 aromatic rings. The second-order valence-corrected chi connectivity index (χ2v) is 6.48. The molecule has 2 aliphatic rings. The topological polar surface area (TPSA) is 77.5 Å². The molecule has 7 heteroatoms. The predicted octanol–water partition coefficient (Wildman–Crippen LogP) is 1.40. The smallest absolute Gasteiger partial charge is 0.315 e. The van der Waals surface area contributed by atoms with Gasteiger partial charge in [-0.25, -0.2) is 14.2 Å². The van der Waals surface area contributed by atoms with E-state index in [1.165, 1.54) is 6.07 Å². The summed E-state index contributed by atoms with van der Waals surface area (Å²) in [5.74, 6) is -0.0115. The zero-order valence-corrected chi connectivity index (χ0v) is 13.1. The molecule has 126 valence electrons. The lowest BCUT2D eigenvalue weighted by molar-refractivity contribution is 0.162. The molecule has 0 radical (unpaired) electrons. The number of urea groups is 1. The monoisotopic (exact) mass is 322 g/mol. The number of aliphatic hydroxyl groups is 1. The Hall–Kier alpha value is -1.89. The van der Waals surface area contributed by atoms with Gasteiger partial charge in [-0.15, -0.1) is 0 Å². The van der Waals surface area contributed by atoms with Gasteiger partial charge in [0.1, 0.15) is 0 Å². The molecule has 1 aliphatic heterocycles. The van der Waals surface area contributed by atoms with Crippen LogP contribution in [-0.2, 0) is 0 Å². The second-order valence-electron chi connectivity index (χ2n) is 6.48. The number of hydrogen-bond donors (Lipinski definition) is 3. The highest BCUT2D eigenvalue weighted by Crippen LogP contribution is 2.29. The highest BCUT2D eigenvalue weighted by atomic mass is 19.1. The molecule has 1 unspecified atom stereocenters. The van der Waals surface area contributed by atoms with E-state index in [1.54, 1.807) is 12.3 Å². The van der Waals surface area contributed by atoms with E-state index in [-0.39, 0.29) is 24.5 Å². The number of nitrogens with zero attached hydrogens (tertiary/aromatic N) is 2. The van der Waals surface area contributed by atoms with Crippen molar-refractivity contribution in [2.75, 3.05) is 24.6 Å². The van der Waals surface area contributed by atoms with Crippen LogP contribution in [0.5, 0.6) is 0 Å². The van der Waals surface area contributed by atoms with Gasteiger partial charge < -0.3 is 20.6 Å². The van der Waals surface area contributed by atoms with E-state index in [0.29, 0.717) is 18.9 Å². The lowest BCUT2D eigenvalue weighted by atomic mass is 9.99. The van der Waals surface area contributed by atoms with E-state index in [9.17, 15) is 14.3 Å². The Kier molecular flexibility index (Phi) is 4.66. The fraction of sp³-hybridized carbons (Fsp3) is 0.625. The van der Waals surface area contributed by atoms with Crippen molar-refractivity contribution < 1.29 is 14.3 Å². The Labute approximate surface area is 135 Å². The maximum atomic E-state index is 13.8. The number of hydrogen-bond acceptors (Lipinski definition) is 4. The van der Waals surface area contributed by atoms with Crippen molar-refractivity contribution in [3.05, 3.63) is 24.1 Å². The molecule has 1 atom stereocenters. The van der Waals surface area contributed by atoms with Gasteiger partial charge >= 0.3 is 6.03 Å². The number of carbonyl (C=O) groups is 1. The number of amides is 2. The van der Waals surface area contributed by atoms with Crippen LogP contribution >= 0.6 is 0 Å². The van der Waals surface area contributed by atoms with Crippen LogP contribution in [0.25, 0.3) is 0 Å². The van der Waals surface area contributed by atoms with Crippen LogP contribution in [0.4, 0.5) is 15.0 Å². The SMILES string of the molecule is O=C(NC1CCN(c2ncccc2F)C1)NC1(CO)CCCC1. The molecule has 23 heavy (non-hydrogen) atoms. The minimum atomic E-state index is -0.477. The van der Waals surface area contributed by atoms with Gasteiger partial charge in [-0.1, -0.05) is 12.8 Å². The number of rotatable bonds is 4. The Bertz CT molecular complexity index is 563. The first-order chi connectivity index (χ1) is 11.1. The summed E-state index contributed by atoms with van der Waals surface area (Å²) in [6.07, 6.45) is 5.99. The highest BCUT2D eigenvalue weighted by Gasteiger charge is 2.35. The maximum absolute atomic E-state index is 13.8. The zero-order valence-electron chi connectivity index (χ0n) is 13.1. The first-order valence-corrected chi connectivity index (χ1v) is 8.17. The summed E-state index contributed by atoms with van der Waals surface area (Å²) < 4.78 is 13.8. The van der Waals surface area contributed by atoms with Crippen LogP contribution in [0.1, 0.15) is 32.1 Å². The summed E-state index contributed by atoms with van der Waals surface area (Å²) in [5.41, 5.74) is -0.477. The summed E-state index contributed by atoms with van der Waals surface area (Å²) in [6, 6.07) is 2.65. The Morgan fingerprint density at radius 3 is 2.96 bits per heavy atom. The first kappa shape index (κ1) is 16.0. The van der Waals surface area contributed by atoms with Gasteiger partial charge in [0, 0.05) is 25.3 Å². The fourth-order valence-electron chi connectivity index (χ4n) is 3.52. The Balaban J connectivity index is 1.54. The first-order valence-electron chi connectivity index (χ1n) is 8.17. The molecule has 6 nitrogen and oxygen atoms in total. The van der Waals surface area contributed by atoms with E-state index >= 15 is 0 Å². The molecule has 2 heterocycles. The lowest BCUT2D eigenvalue weighted by Crippen LogP contribution is -2.55. The molecule has 2 fully saturated rings. The summed E-state index contributed by atoms with van der Waals surface area (Å²) in [5, 5.41) is 15.4. The third kappa shape index (κ3) is 3.55. The minimum absolute atomic E-state index is 0.0314. The quantitative estimate of drug-likeness (QED) is 0.783. The number of carbonyl (C=O) groups excluding carboxylic acids is 1. The number of anilines is 1. The molecule has 0 bridgehead atoms. The van der Waals surface area contributed by atoms with Crippen LogP contribution < -0.4 is 15.5 Å². The van der Waals surface area contributed by atoms with Gasteiger partial charge in [0.15, 0.2) is 11.6 Å². The summed E-state index contributed by atoms with van der Waals surface area (Å²) in [6.45, 7) is 1.16. The van der Waals surface area contributed by atoms with Crippen LogP contribution in [0.2, 0.25) is 0 Å². The third-order valence-electron chi connectivity index (χ3n) is 4.80. The van der Waals surface area contributed by atoms with Gasteiger partial charge in [-0.2, -0.15) is 0 Å². The summed E-state index contributed by atoms with van der Waals surface area (Å²) >= 11 is 0. The van der Waals surface area contributed by atoms with E-state index < -0.39 is 5.54 Å². The molecule has 3 rings (SSSR count). The largest absolute Gasteiger partial charge is 0.394 e. The Morgan fingerprint density at radius 1 is 1.48 bits per heavy atom. The van der Waals surface area contributed by atoms with Crippen molar-refractivity contribution in [2.24, 2.45) is 0 Å². The fourth-order valence-corrected chi connectivity index (χ4v) is 3.52. The van der Waals surface area contributed by atoms with Crippen molar-refractivity contribution in [3.8, 4) is 0 Å². The summed E-state index contributed by atoms with van der Waals surface area (Å²) in [7, 11) is 0. The normalized spacial score (nSPS) is 23.0. The molecule has 0 aromatic carbocycles. The van der Waals surface area contributed by atoms with Crippen LogP contribution in [0.3, 0.4) is 0 Å². The van der Waals surface area contributed by atoms with Gasteiger partial charge in [-0.3, -0.25) is 0 Å². The predicted molar refractivity (Wildman–Crippen MR) is 84.8 cm³/mol.